The lowest BCUT2D eigenvalue weighted by molar-refractivity contribution is 0.0968. The maximum absolute atomic E-state index is 12.2. The molecule has 0 amide bonds. The van der Waals surface area contributed by atoms with Crippen LogP contribution in [-0.2, 0) is 6.42 Å². The van der Waals surface area contributed by atoms with E-state index in [-0.39, 0.29) is 5.78 Å². The second-order valence-electron chi connectivity index (χ2n) is 4.69. The average molecular weight is 250 g/mol. The standard InChI is InChI=1S/C17H14O2/c1-12-6-5-9-14-11-16(19-17(12)14)15(18)10-13-7-3-2-4-8-13/h2-9,11H,10H2,1H3. The molecule has 2 nitrogen and oxygen atoms in total. The Bertz CT molecular complexity index is 723. The van der Waals surface area contributed by atoms with Gasteiger partial charge < -0.3 is 4.42 Å². The Hall–Kier alpha value is -2.35. The molecule has 0 unspecified atom stereocenters. The molecule has 0 aliphatic carbocycles. The summed E-state index contributed by atoms with van der Waals surface area (Å²) in [5.74, 6) is 0.454. The highest BCUT2D eigenvalue weighted by Gasteiger charge is 2.13. The Morgan fingerprint density at radius 2 is 1.84 bits per heavy atom. The first-order valence-electron chi connectivity index (χ1n) is 6.30. The van der Waals surface area contributed by atoms with E-state index in [9.17, 15) is 4.79 Å². The van der Waals surface area contributed by atoms with E-state index in [1.807, 2.05) is 61.5 Å². The fourth-order valence-corrected chi connectivity index (χ4v) is 2.21. The van der Waals surface area contributed by atoms with Crippen molar-refractivity contribution in [2.45, 2.75) is 13.3 Å². The number of fused-ring (bicyclic) bond motifs is 1. The van der Waals surface area contributed by atoms with Gasteiger partial charge in [-0.15, -0.1) is 0 Å². The van der Waals surface area contributed by atoms with E-state index in [1.54, 1.807) is 0 Å². The Labute approximate surface area is 111 Å². The average Bonchev–Trinajstić information content (AvgIpc) is 2.85. The lowest BCUT2D eigenvalue weighted by Gasteiger charge is -1.97. The number of hydrogen-bond acceptors (Lipinski definition) is 2. The number of ketones is 1. The van der Waals surface area contributed by atoms with Crippen molar-refractivity contribution in [3.63, 3.8) is 0 Å². The quantitative estimate of drug-likeness (QED) is 0.653. The Morgan fingerprint density at radius 3 is 2.58 bits per heavy atom. The van der Waals surface area contributed by atoms with Crippen molar-refractivity contribution in [1.82, 2.24) is 0 Å². The molecule has 3 aromatic rings. The maximum Gasteiger partial charge on any atom is 0.202 e. The van der Waals surface area contributed by atoms with Gasteiger partial charge in [0.15, 0.2) is 5.76 Å². The zero-order chi connectivity index (χ0) is 13.2. The topological polar surface area (TPSA) is 30.2 Å². The van der Waals surface area contributed by atoms with Gasteiger partial charge >= 0.3 is 0 Å². The van der Waals surface area contributed by atoms with Crippen molar-refractivity contribution in [2.75, 3.05) is 0 Å². The molecule has 1 heterocycles. The molecule has 19 heavy (non-hydrogen) atoms. The predicted molar refractivity (Wildman–Crippen MR) is 75.4 cm³/mol. The highest BCUT2D eigenvalue weighted by Crippen LogP contribution is 2.23. The lowest BCUT2D eigenvalue weighted by atomic mass is 10.1. The first-order chi connectivity index (χ1) is 9.24. The van der Waals surface area contributed by atoms with Gasteiger partial charge in [0.25, 0.3) is 0 Å². The molecule has 0 saturated heterocycles. The number of hydrogen-bond donors (Lipinski definition) is 0. The molecule has 94 valence electrons. The number of aryl methyl sites for hydroxylation is 1. The number of furan rings is 1. The molecule has 0 aliphatic heterocycles. The van der Waals surface area contributed by atoms with Crippen LogP contribution in [-0.4, -0.2) is 5.78 Å². The van der Waals surface area contributed by atoms with Crippen LogP contribution in [0.15, 0.2) is 59.0 Å². The third kappa shape index (κ3) is 2.29. The molecule has 0 aliphatic rings. The molecule has 0 spiro atoms. The Balaban J connectivity index is 1.92. The fraction of sp³-hybridized carbons (Fsp3) is 0.118. The molecule has 0 atom stereocenters. The van der Waals surface area contributed by atoms with Gasteiger partial charge in [-0.25, -0.2) is 0 Å². The van der Waals surface area contributed by atoms with E-state index in [4.69, 9.17) is 4.42 Å². The Morgan fingerprint density at radius 1 is 1.05 bits per heavy atom. The van der Waals surface area contributed by atoms with Crippen LogP contribution in [0.4, 0.5) is 0 Å². The van der Waals surface area contributed by atoms with Crippen molar-refractivity contribution in [1.29, 1.82) is 0 Å². The molecular formula is C17H14O2. The minimum atomic E-state index is 0.0156. The SMILES string of the molecule is Cc1cccc2cc(C(=O)Cc3ccccc3)oc12. The smallest absolute Gasteiger partial charge is 0.202 e. The van der Waals surface area contributed by atoms with Crippen LogP contribution in [0.5, 0.6) is 0 Å². The summed E-state index contributed by atoms with van der Waals surface area (Å²) in [7, 11) is 0. The van der Waals surface area contributed by atoms with Crippen molar-refractivity contribution in [2.24, 2.45) is 0 Å². The van der Waals surface area contributed by atoms with Gasteiger partial charge in [0.1, 0.15) is 5.58 Å². The molecule has 1 aromatic heterocycles. The molecule has 2 heteroatoms. The minimum Gasteiger partial charge on any atom is -0.453 e. The summed E-state index contributed by atoms with van der Waals surface area (Å²) < 4.78 is 5.68. The van der Waals surface area contributed by atoms with E-state index in [0.29, 0.717) is 12.2 Å². The number of carbonyl (C=O) groups is 1. The normalized spacial score (nSPS) is 10.8. The highest BCUT2D eigenvalue weighted by atomic mass is 16.3. The monoisotopic (exact) mass is 250 g/mol. The number of carbonyl (C=O) groups excluding carboxylic acids is 1. The summed E-state index contributed by atoms with van der Waals surface area (Å²) in [6, 6.07) is 17.5. The van der Waals surface area contributed by atoms with E-state index in [0.717, 1.165) is 22.1 Å². The second kappa shape index (κ2) is 4.73. The molecule has 2 aromatic carbocycles. The first kappa shape index (κ1) is 11.7. The number of Topliss-reactive ketones (excluding diaryl/α,β-unsaturated/α-hetero) is 1. The van der Waals surface area contributed by atoms with Crippen molar-refractivity contribution < 1.29 is 9.21 Å². The zero-order valence-electron chi connectivity index (χ0n) is 10.7. The molecule has 0 bridgehead atoms. The van der Waals surface area contributed by atoms with Crippen LogP contribution in [0.3, 0.4) is 0 Å². The van der Waals surface area contributed by atoms with Gasteiger partial charge in [0.05, 0.1) is 0 Å². The van der Waals surface area contributed by atoms with Crippen molar-refractivity contribution in [3.05, 3.63) is 71.5 Å². The summed E-state index contributed by atoms with van der Waals surface area (Å²) in [5.41, 5.74) is 2.86. The molecule has 0 radical (unpaired) electrons. The van der Waals surface area contributed by atoms with Crippen LogP contribution < -0.4 is 0 Å². The summed E-state index contributed by atoms with van der Waals surface area (Å²) in [5, 5.41) is 0.983. The number of rotatable bonds is 3. The van der Waals surface area contributed by atoms with Gasteiger partial charge in [-0.1, -0.05) is 48.5 Å². The third-order valence-electron chi connectivity index (χ3n) is 3.22. The van der Waals surface area contributed by atoms with E-state index < -0.39 is 0 Å². The predicted octanol–water partition coefficient (Wildman–Crippen LogP) is 4.17. The maximum atomic E-state index is 12.2. The van der Waals surface area contributed by atoms with Crippen molar-refractivity contribution in [3.8, 4) is 0 Å². The van der Waals surface area contributed by atoms with E-state index in [2.05, 4.69) is 0 Å². The molecule has 0 saturated carbocycles. The number of para-hydroxylation sites is 1. The van der Waals surface area contributed by atoms with Gasteiger partial charge in [0, 0.05) is 11.8 Å². The Kier molecular flexibility index (Phi) is 2.92. The summed E-state index contributed by atoms with van der Waals surface area (Å²) in [6.07, 6.45) is 0.375. The molecule has 0 fully saturated rings. The molecule has 3 rings (SSSR count). The van der Waals surface area contributed by atoms with Crippen molar-refractivity contribution >= 4 is 16.8 Å². The molecule has 0 N–H and O–H groups in total. The van der Waals surface area contributed by atoms with E-state index in [1.165, 1.54) is 0 Å². The fourth-order valence-electron chi connectivity index (χ4n) is 2.21. The van der Waals surface area contributed by atoms with Crippen LogP contribution >= 0.6 is 0 Å². The third-order valence-corrected chi connectivity index (χ3v) is 3.22. The zero-order valence-corrected chi connectivity index (χ0v) is 10.7. The lowest BCUT2D eigenvalue weighted by Crippen LogP contribution is -2.01. The van der Waals surface area contributed by atoms with Crippen LogP contribution in [0, 0.1) is 6.92 Å². The van der Waals surface area contributed by atoms with Gasteiger partial charge in [-0.2, -0.15) is 0 Å². The number of benzene rings is 2. The van der Waals surface area contributed by atoms with Crippen LogP contribution in [0.1, 0.15) is 21.7 Å². The molecular weight excluding hydrogens is 236 g/mol. The summed E-state index contributed by atoms with van der Waals surface area (Å²) in [4.78, 5) is 12.2. The minimum absolute atomic E-state index is 0.0156. The van der Waals surface area contributed by atoms with Crippen LogP contribution in [0.25, 0.3) is 11.0 Å². The van der Waals surface area contributed by atoms with Crippen LogP contribution in [0.2, 0.25) is 0 Å². The summed E-state index contributed by atoms with van der Waals surface area (Å²) in [6.45, 7) is 1.98. The van der Waals surface area contributed by atoms with Gasteiger partial charge in [0.2, 0.25) is 5.78 Å². The largest absolute Gasteiger partial charge is 0.453 e. The summed E-state index contributed by atoms with van der Waals surface area (Å²) >= 11 is 0. The first-order valence-corrected chi connectivity index (χ1v) is 6.30. The van der Waals surface area contributed by atoms with Gasteiger partial charge in [-0.3, -0.25) is 4.79 Å². The highest BCUT2D eigenvalue weighted by molar-refractivity contribution is 5.99. The second-order valence-corrected chi connectivity index (χ2v) is 4.69. The van der Waals surface area contributed by atoms with Gasteiger partial charge in [-0.05, 0) is 24.1 Å². The van der Waals surface area contributed by atoms with E-state index >= 15 is 0 Å².